The van der Waals surface area contributed by atoms with Crippen molar-refractivity contribution in [2.75, 3.05) is 65.4 Å². The lowest BCUT2D eigenvalue weighted by Gasteiger charge is -2.40. The van der Waals surface area contributed by atoms with Crippen LogP contribution in [-0.4, -0.2) is 164 Å². The monoisotopic (exact) mass is 1020 g/mol. The zero-order chi connectivity index (χ0) is 51.7. The number of aromatic nitrogens is 4. The third-order valence-electron chi connectivity index (χ3n) is 15.8. The quantitative estimate of drug-likeness (QED) is 0.0952. The number of aliphatic hydroxyl groups excluding tert-OH is 1. The Hall–Kier alpha value is -5.82. The van der Waals surface area contributed by atoms with Gasteiger partial charge in [0.15, 0.2) is 0 Å². The van der Waals surface area contributed by atoms with E-state index < -0.39 is 23.6 Å². The highest BCUT2D eigenvalue weighted by Gasteiger charge is 2.45. The molecule has 2 aromatic carbocycles. The van der Waals surface area contributed by atoms with Crippen molar-refractivity contribution >= 4 is 50.9 Å². The molecule has 4 aliphatic rings. The van der Waals surface area contributed by atoms with Crippen molar-refractivity contribution in [2.24, 2.45) is 12.5 Å². The lowest BCUT2D eigenvalue weighted by molar-refractivity contribution is -0.144. The highest BCUT2D eigenvalue weighted by Crippen LogP contribution is 2.35. The summed E-state index contributed by atoms with van der Waals surface area (Å²) in [4.78, 5) is 64.7. The highest BCUT2D eigenvalue weighted by molar-refractivity contribution is 7.13. The van der Waals surface area contributed by atoms with E-state index >= 15 is 0 Å². The zero-order valence-corrected chi connectivity index (χ0v) is 44.5. The summed E-state index contributed by atoms with van der Waals surface area (Å²) in [6.07, 6.45) is 9.41. The summed E-state index contributed by atoms with van der Waals surface area (Å²) < 4.78 is 15.0. The number of piperazine rings is 1. The summed E-state index contributed by atoms with van der Waals surface area (Å²) >= 11 is 1.59. The fraction of sp³-hybridized carbons (Fsp3) is 0.509. The third-order valence-corrected chi connectivity index (χ3v) is 16.7. The number of likely N-dealkylation sites (tertiary alicyclic amines) is 2. The topological polar surface area (TPSA) is 171 Å². The van der Waals surface area contributed by atoms with Crippen LogP contribution in [0.4, 0.5) is 0 Å². The van der Waals surface area contributed by atoms with Crippen molar-refractivity contribution in [1.82, 2.24) is 49.8 Å². The van der Waals surface area contributed by atoms with Gasteiger partial charge in [0.2, 0.25) is 23.6 Å². The van der Waals surface area contributed by atoms with Crippen molar-refractivity contribution < 1.29 is 29.0 Å². The first-order valence-electron chi connectivity index (χ1n) is 26.5. The second-order valence-corrected chi connectivity index (χ2v) is 22.9. The largest absolute Gasteiger partial charge is 0.474 e. The Kier molecular flexibility index (Phi) is 15.5. The molecule has 0 bridgehead atoms. The van der Waals surface area contributed by atoms with Gasteiger partial charge in [-0.2, -0.15) is 0 Å². The van der Waals surface area contributed by atoms with E-state index in [4.69, 9.17) is 9.47 Å². The Bertz CT molecular complexity index is 2920. The summed E-state index contributed by atoms with van der Waals surface area (Å²) in [5, 5.41) is 19.2. The molecule has 3 N–H and O–H groups in total. The fourth-order valence-electron chi connectivity index (χ4n) is 11.2. The number of piperidine rings is 1. The summed E-state index contributed by atoms with van der Waals surface area (Å²) in [6.45, 7) is 17.2. The molecular weight excluding hydrogens is 953 g/mol. The number of β-amino-alcohol motifs (C(OH)–C–C–N with tert-alkyl or cyclic N) is 1. The predicted molar refractivity (Wildman–Crippen MR) is 289 cm³/mol. The van der Waals surface area contributed by atoms with Crippen LogP contribution in [0, 0.1) is 12.3 Å². The maximum atomic E-state index is 14.3. The molecule has 10 rings (SSSR count). The van der Waals surface area contributed by atoms with E-state index in [0.29, 0.717) is 5.88 Å². The Labute approximate surface area is 438 Å². The van der Waals surface area contributed by atoms with Crippen LogP contribution in [0.2, 0.25) is 0 Å². The van der Waals surface area contributed by atoms with Gasteiger partial charge in [-0.15, -0.1) is 11.3 Å². The maximum Gasteiger partial charge on any atom is 0.246 e. The number of rotatable bonds is 16. The first-order chi connectivity index (χ1) is 35.6. The number of carbonyl (C=O) groups excluding carboxylic acids is 3. The number of thiazole rings is 1. The zero-order valence-electron chi connectivity index (χ0n) is 43.7. The number of carbonyl (C=O) groups is 3. The average molecular weight is 1030 g/mol. The van der Waals surface area contributed by atoms with Crippen LogP contribution in [0.5, 0.6) is 5.88 Å². The summed E-state index contributed by atoms with van der Waals surface area (Å²) in [5.74, 6) is -0.255. The van der Waals surface area contributed by atoms with E-state index in [0.717, 1.165) is 116 Å². The number of ether oxygens (including phenoxy) is 2. The lowest BCUT2D eigenvalue weighted by Crippen LogP contribution is -2.59. The number of fused-ring (bicyclic) bond motifs is 3. The lowest BCUT2D eigenvalue weighted by atomic mass is 9.85. The molecule has 3 aliphatic heterocycles. The van der Waals surface area contributed by atoms with Gasteiger partial charge in [0.05, 0.1) is 52.5 Å². The van der Waals surface area contributed by atoms with Crippen LogP contribution in [0.25, 0.3) is 43.4 Å². The van der Waals surface area contributed by atoms with E-state index in [-0.39, 0.29) is 61.6 Å². The van der Waals surface area contributed by atoms with Gasteiger partial charge in [0.1, 0.15) is 18.2 Å². The second-order valence-electron chi connectivity index (χ2n) is 22.1. The number of pyridine rings is 2. The molecular formula is C57H72N10O6S. The minimum atomic E-state index is -0.873. The van der Waals surface area contributed by atoms with Gasteiger partial charge in [0.25, 0.3) is 0 Å². The number of nitrogens with one attached hydrogen (secondary N) is 2. The van der Waals surface area contributed by atoms with E-state index in [2.05, 4.69) is 82.2 Å². The van der Waals surface area contributed by atoms with E-state index in [1.807, 2.05) is 89.1 Å². The molecule has 1 saturated carbocycles. The Balaban J connectivity index is 0.611. The molecule has 17 heteroatoms. The number of benzene rings is 2. The van der Waals surface area contributed by atoms with Gasteiger partial charge in [-0.3, -0.25) is 29.2 Å². The van der Waals surface area contributed by atoms with Crippen LogP contribution in [0.15, 0.2) is 84.8 Å². The number of hydrogen-bond acceptors (Lipinski definition) is 13. The molecule has 3 amide bonds. The number of aliphatic hydroxyl groups is 1. The van der Waals surface area contributed by atoms with Gasteiger partial charge < -0.3 is 39.6 Å². The summed E-state index contributed by atoms with van der Waals surface area (Å²) in [6, 6.07) is 18.6. The fourth-order valence-corrected chi connectivity index (χ4v) is 12.0. The highest BCUT2D eigenvalue weighted by atomic mass is 32.1. The summed E-state index contributed by atoms with van der Waals surface area (Å²) in [5.41, 5.74) is 8.68. The van der Waals surface area contributed by atoms with Crippen molar-refractivity contribution in [2.45, 2.75) is 109 Å². The first kappa shape index (κ1) is 51.7. The summed E-state index contributed by atoms with van der Waals surface area (Å²) in [7, 11) is 2.10. The molecule has 392 valence electrons. The molecule has 1 aliphatic carbocycles. The van der Waals surface area contributed by atoms with Crippen molar-refractivity contribution in [3.05, 3.63) is 96.0 Å². The van der Waals surface area contributed by atoms with Gasteiger partial charge >= 0.3 is 0 Å². The Morgan fingerprint density at radius 3 is 2.18 bits per heavy atom. The third kappa shape index (κ3) is 11.7. The SMILES string of the molecule is Cc1ncsc1-c1ccc([C@H](C)NC(=O)[C@@H]2C[C@@H](O)CN2C(=O)C(NC(=O)CN2CCN(CCN3CCC(OC4CC(Oc5ccc(-c6ccc7c8cnccc8n(C)c7c6)cn5)C4)CC3)CC2)C(C)(C)C)cc1. The molecule has 3 saturated heterocycles. The van der Waals surface area contributed by atoms with Crippen molar-refractivity contribution in [3.8, 4) is 27.4 Å². The van der Waals surface area contributed by atoms with E-state index in [1.54, 1.807) is 11.3 Å². The van der Waals surface area contributed by atoms with Gasteiger partial charge in [-0.1, -0.05) is 57.2 Å². The molecule has 1 unspecified atom stereocenters. The Morgan fingerprint density at radius 1 is 0.784 bits per heavy atom. The van der Waals surface area contributed by atoms with Gasteiger partial charge in [-0.25, -0.2) is 9.97 Å². The smallest absolute Gasteiger partial charge is 0.246 e. The molecule has 74 heavy (non-hydrogen) atoms. The maximum absolute atomic E-state index is 14.3. The molecule has 7 heterocycles. The molecule has 4 aromatic heterocycles. The predicted octanol–water partition coefficient (Wildman–Crippen LogP) is 6.60. The van der Waals surface area contributed by atoms with E-state index in [9.17, 15) is 19.5 Å². The molecule has 6 aromatic rings. The van der Waals surface area contributed by atoms with Crippen molar-refractivity contribution in [3.63, 3.8) is 0 Å². The minimum Gasteiger partial charge on any atom is -0.474 e. The standard InChI is InChI=1S/C57H72N10O6S/c1-36(38-7-9-39(10-8-38)53-37(2)60-35-74-53)61-55(70)50-28-42(68)33-67(50)56(71)54(57(3,4)5)62-51(69)34-66-25-23-65(24-26-66)22-21-64-19-16-43(17-20-64)72-44-29-45(30-44)73-52-14-12-41(31-59-52)40-11-13-46-47-32-58-18-15-48(47)63(6)49(46)27-40/h7-15,18,27,31-32,35-36,42-45,50,54,68H,16-17,19-26,28-30,33-34H2,1-6H3,(H,61,70)(H,62,69)/t36-,42+,44?,45?,50-,54?/m0/s1. The minimum absolute atomic E-state index is 0.0304. The van der Waals surface area contributed by atoms with Crippen LogP contribution in [0.3, 0.4) is 0 Å². The molecule has 0 spiro atoms. The van der Waals surface area contributed by atoms with Gasteiger partial charge in [-0.05, 0) is 67.0 Å². The molecule has 0 radical (unpaired) electrons. The van der Waals surface area contributed by atoms with Crippen LogP contribution in [-0.2, 0) is 26.2 Å². The molecule has 4 fully saturated rings. The number of hydrogen-bond donors (Lipinski definition) is 3. The Morgan fingerprint density at radius 2 is 1.49 bits per heavy atom. The van der Waals surface area contributed by atoms with Gasteiger partial charge in [0, 0.05) is 132 Å². The first-order valence-corrected chi connectivity index (χ1v) is 27.4. The molecule has 16 nitrogen and oxygen atoms in total. The van der Waals surface area contributed by atoms with Crippen LogP contribution < -0.4 is 15.4 Å². The van der Waals surface area contributed by atoms with Crippen LogP contribution >= 0.6 is 11.3 Å². The number of amides is 3. The number of aryl methyl sites for hydroxylation is 2. The average Bonchev–Trinajstić information content (AvgIpc) is 4.09. The molecule has 4 atom stereocenters. The second kappa shape index (κ2) is 22.2. The van der Waals surface area contributed by atoms with Crippen molar-refractivity contribution in [1.29, 1.82) is 0 Å². The normalized spacial score (nSPS) is 22.2. The van der Waals surface area contributed by atoms with E-state index in [1.165, 1.54) is 21.3 Å². The van der Waals surface area contributed by atoms with Crippen LogP contribution in [0.1, 0.15) is 77.1 Å². The number of nitrogens with zero attached hydrogens (tertiary/aromatic N) is 8.